The second kappa shape index (κ2) is 5.89. The average molecular weight is 274 g/mol. The van der Waals surface area contributed by atoms with Crippen LogP contribution in [0.25, 0.3) is 0 Å². The van der Waals surface area contributed by atoms with Gasteiger partial charge in [0.1, 0.15) is 0 Å². The first kappa shape index (κ1) is 13.6. The predicted molar refractivity (Wildman–Crippen MR) is 80.3 cm³/mol. The molecule has 1 aromatic heterocycles. The van der Waals surface area contributed by atoms with Crippen LogP contribution >= 0.6 is 11.3 Å². The molecular weight excluding hydrogens is 256 g/mol. The minimum absolute atomic E-state index is 0.00269. The van der Waals surface area contributed by atoms with Gasteiger partial charge in [-0.2, -0.15) is 0 Å². The van der Waals surface area contributed by atoms with Gasteiger partial charge in [-0.1, -0.05) is 17.7 Å². The summed E-state index contributed by atoms with van der Waals surface area (Å²) in [6, 6.07) is 9.61. The molecule has 2 rings (SSSR count). The number of rotatable bonds is 4. The third-order valence-electron chi connectivity index (χ3n) is 3.03. The van der Waals surface area contributed by atoms with Gasteiger partial charge < -0.3 is 10.6 Å². The van der Waals surface area contributed by atoms with Crippen LogP contribution in [0.5, 0.6) is 0 Å². The van der Waals surface area contributed by atoms with Crippen molar-refractivity contribution in [2.24, 2.45) is 0 Å². The normalized spacial score (nSPS) is 10.4. The first-order chi connectivity index (χ1) is 9.11. The second-order valence-electron chi connectivity index (χ2n) is 4.49. The zero-order chi connectivity index (χ0) is 13.8. The summed E-state index contributed by atoms with van der Waals surface area (Å²) in [5.41, 5.74) is 8.10. The van der Waals surface area contributed by atoms with Crippen molar-refractivity contribution in [2.45, 2.75) is 20.4 Å². The number of carbonyl (C=O) groups is 1. The number of hydrogen-bond donors (Lipinski definition) is 1. The van der Waals surface area contributed by atoms with Crippen LogP contribution in [-0.2, 0) is 6.54 Å². The van der Waals surface area contributed by atoms with Crippen molar-refractivity contribution in [3.63, 3.8) is 0 Å². The maximum Gasteiger partial charge on any atom is 0.256 e. The van der Waals surface area contributed by atoms with E-state index < -0.39 is 0 Å². The topological polar surface area (TPSA) is 46.3 Å². The molecule has 0 spiro atoms. The molecule has 0 saturated heterocycles. The van der Waals surface area contributed by atoms with E-state index in [2.05, 4.69) is 0 Å². The molecule has 0 aliphatic carbocycles. The number of nitrogens with zero attached hydrogens (tertiary/aromatic N) is 1. The number of anilines is 1. The largest absolute Gasteiger partial charge is 0.398 e. The number of thiophene rings is 1. The zero-order valence-corrected chi connectivity index (χ0v) is 12.0. The van der Waals surface area contributed by atoms with Crippen molar-refractivity contribution >= 4 is 22.9 Å². The fourth-order valence-electron chi connectivity index (χ4n) is 1.94. The van der Waals surface area contributed by atoms with Crippen LogP contribution in [-0.4, -0.2) is 17.4 Å². The Morgan fingerprint density at radius 3 is 2.79 bits per heavy atom. The fourth-order valence-corrected chi connectivity index (χ4v) is 2.66. The van der Waals surface area contributed by atoms with Crippen LogP contribution in [0.1, 0.15) is 27.7 Å². The highest BCUT2D eigenvalue weighted by molar-refractivity contribution is 7.09. The minimum Gasteiger partial charge on any atom is -0.398 e. The Morgan fingerprint density at radius 1 is 1.37 bits per heavy atom. The van der Waals surface area contributed by atoms with Crippen molar-refractivity contribution in [3.8, 4) is 0 Å². The van der Waals surface area contributed by atoms with E-state index in [9.17, 15) is 4.79 Å². The molecular formula is C15H18N2OS. The van der Waals surface area contributed by atoms with E-state index in [1.54, 1.807) is 17.4 Å². The SMILES string of the molecule is CCN(Cc1cccs1)C(=O)c1cc(C)ccc1N. The van der Waals surface area contributed by atoms with Crippen molar-refractivity contribution in [2.75, 3.05) is 12.3 Å². The Labute approximate surface area is 117 Å². The van der Waals surface area contributed by atoms with Gasteiger partial charge in [-0.15, -0.1) is 11.3 Å². The Hall–Kier alpha value is -1.81. The highest BCUT2D eigenvalue weighted by Gasteiger charge is 2.17. The van der Waals surface area contributed by atoms with E-state index in [-0.39, 0.29) is 5.91 Å². The third-order valence-corrected chi connectivity index (χ3v) is 3.90. The number of nitrogens with two attached hydrogens (primary N) is 1. The third kappa shape index (κ3) is 3.15. The lowest BCUT2D eigenvalue weighted by atomic mass is 10.1. The second-order valence-corrected chi connectivity index (χ2v) is 5.52. The van der Waals surface area contributed by atoms with Gasteiger partial charge in [-0.3, -0.25) is 4.79 Å². The number of carbonyl (C=O) groups excluding carboxylic acids is 1. The Morgan fingerprint density at radius 2 is 2.16 bits per heavy atom. The fraction of sp³-hybridized carbons (Fsp3) is 0.267. The van der Waals surface area contributed by atoms with Crippen LogP contribution in [0, 0.1) is 6.92 Å². The molecule has 0 fully saturated rings. The van der Waals surface area contributed by atoms with Gasteiger partial charge in [0.25, 0.3) is 5.91 Å². The Bertz CT molecular complexity index is 564. The molecule has 2 N–H and O–H groups in total. The van der Waals surface area contributed by atoms with Gasteiger partial charge in [0, 0.05) is 17.1 Å². The number of amides is 1. The maximum absolute atomic E-state index is 12.5. The van der Waals surface area contributed by atoms with Crippen LogP contribution in [0.3, 0.4) is 0 Å². The van der Waals surface area contributed by atoms with E-state index in [4.69, 9.17) is 5.73 Å². The van der Waals surface area contributed by atoms with Crippen molar-refractivity contribution in [3.05, 3.63) is 51.7 Å². The number of benzene rings is 1. The highest BCUT2D eigenvalue weighted by Crippen LogP contribution is 2.19. The number of hydrogen-bond acceptors (Lipinski definition) is 3. The van der Waals surface area contributed by atoms with Crippen molar-refractivity contribution in [1.82, 2.24) is 4.90 Å². The molecule has 19 heavy (non-hydrogen) atoms. The number of aryl methyl sites for hydroxylation is 1. The molecule has 2 aromatic rings. The monoisotopic (exact) mass is 274 g/mol. The molecule has 0 aliphatic rings. The quantitative estimate of drug-likeness (QED) is 0.869. The van der Waals surface area contributed by atoms with Gasteiger partial charge >= 0.3 is 0 Å². The maximum atomic E-state index is 12.5. The minimum atomic E-state index is -0.00269. The molecule has 0 aliphatic heterocycles. The molecule has 0 radical (unpaired) electrons. The molecule has 1 amide bonds. The lowest BCUT2D eigenvalue weighted by Gasteiger charge is -2.21. The van der Waals surface area contributed by atoms with Crippen LogP contribution in [0.4, 0.5) is 5.69 Å². The smallest absolute Gasteiger partial charge is 0.256 e. The lowest BCUT2D eigenvalue weighted by molar-refractivity contribution is 0.0755. The van der Waals surface area contributed by atoms with Crippen molar-refractivity contribution < 1.29 is 4.79 Å². The van der Waals surface area contributed by atoms with Gasteiger partial charge in [-0.25, -0.2) is 0 Å². The summed E-state index contributed by atoms with van der Waals surface area (Å²) < 4.78 is 0. The molecule has 0 saturated carbocycles. The van der Waals surface area contributed by atoms with E-state index >= 15 is 0 Å². The summed E-state index contributed by atoms with van der Waals surface area (Å²) in [6.45, 7) is 5.26. The van der Waals surface area contributed by atoms with E-state index in [0.29, 0.717) is 24.3 Å². The van der Waals surface area contributed by atoms with Gasteiger partial charge in [0.2, 0.25) is 0 Å². The molecule has 1 heterocycles. The van der Waals surface area contributed by atoms with E-state index in [0.717, 1.165) is 5.56 Å². The Balaban J connectivity index is 2.23. The summed E-state index contributed by atoms with van der Waals surface area (Å²) in [6.07, 6.45) is 0. The first-order valence-corrected chi connectivity index (χ1v) is 7.17. The lowest BCUT2D eigenvalue weighted by Crippen LogP contribution is -2.30. The molecule has 1 aromatic carbocycles. The van der Waals surface area contributed by atoms with Crippen LogP contribution in [0.2, 0.25) is 0 Å². The molecule has 100 valence electrons. The van der Waals surface area contributed by atoms with Gasteiger partial charge in [-0.05, 0) is 37.4 Å². The standard InChI is InChI=1S/C15H18N2OS/c1-3-17(10-12-5-4-8-19-12)15(18)13-9-11(2)6-7-14(13)16/h4-9H,3,10,16H2,1-2H3. The van der Waals surface area contributed by atoms with Gasteiger partial charge in [0.15, 0.2) is 0 Å². The average Bonchev–Trinajstić information content (AvgIpc) is 2.91. The molecule has 0 bridgehead atoms. The number of nitrogen functional groups attached to an aromatic ring is 1. The zero-order valence-electron chi connectivity index (χ0n) is 11.2. The summed E-state index contributed by atoms with van der Waals surface area (Å²) >= 11 is 1.66. The van der Waals surface area contributed by atoms with Gasteiger partial charge in [0.05, 0.1) is 12.1 Å². The van der Waals surface area contributed by atoms with E-state index in [1.807, 2.05) is 48.4 Å². The summed E-state index contributed by atoms with van der Waals surface area (Å²) in [7, 11) is 0. The molecule has 4 heteroatoms. The van der Waals surface area contributed by atoms with Crippen LogP contribution < -0.4 is 5.73 Å². The summed E-state index contributed by atoms with van der Waals surface area (Å²) in [4.78, 5) is 15.5. The van der Waals surface area contributed by atoms with Crippen molar-refractivity contribution in [1.29, 1.82) is 0 Å². The predicted octanol–water partition coefficient (Wildman–Crippen LogP) is 3.30. The molecule has 0 unspecified atom stereocenters. The molecule has 3 nitrogen and oxygen atoms in total. The summed E-state index contributed by atoms with van der Waals surface area (Å²) in [5.74, 6) is -0.00269. The Kier molecular flexibility index (Phi) is 4.22. The first-order valence-electron chi connectivity index (χ1n) is 6.29. The summed E-state index contributed by atoms with van der Waals surface area (Å²) in [5, 5.41) is 2.02. The van der Waals surface area contributed by atoms with E-state index in [1.165, 1.54) is 4.88 Å². The van der Waals surface area contributed by atoms with Crippen LogP contribution in [0.15, 0.2) is 35.7 Å². The highest BCUT2D eigenvalue weighted by atomic mass is 32.1. The molecule has 0 atom stereocenters.